The summed E-state index contributed by atoms with van der Waals surface area (Å²) < 4.78 is 4.33. The summed E-state index contributed by atoms with van der Waals surface area (Å²) in [6, 6.07) is 5.96. The predicted octanol–water partition coefficient (Wildman–Crippen LogP) is 1.67. The van der Waals surface area contributed by atoms with Gasteiger partial charge in [-0.3, -0.25) is 10.1 Å². The van der Waals surface area contributed by atoms with Crippen LogP contribution in [0.15, 0.2) is 29.4 Å². The first-order valence-corrected chi connectivity index (χ1v) is 4.67. The van der Waals surface area contributed by atoms with E-state index in [1.54, 1.807) is 19.1 Å². The van der Waals surface area contributed by atoms with E-state index < -0.39 is 11.0 Å². The number of carbonyl (C=O) groups excluding carboxylic acids is 1. The molecule has 0 aliphatic carbocycles. The molecule has 7 heteroatoms. The van der Waals surface area contributed by atoms with Crippen LogP contribution in [0.2, 0.25) is 0 Å². The van der Waals surface area contributed by atoms with Crippen LogP contribution >= 0.6 is 0 Å². The van der Waals surface area contributed by atoms with Crippen LogP contribution in [0.1, 0.15) is 12.5 Å². The summed E-state index contributed by atoms with van der Waals surface area (Å²) in [6.45, 7) is 1.62. The molecule has 0 heterocycles. The van der Waals surface area contributed by atoms with Crippen molar-refractivity contribution in [2.75, 3.05) is 7.11 Å². The van der Waals surface area contributed by atoms with Crippen LogP contribution in [-0.2, 0) is 4.74 Å². The lowest BCUT2D eigenvalue weighted by atomic mass is 10.1. The van der Waals surface area contributed by atoms with Crippen molar-refractivity contribution in [2.24, 2.45) is 5.10 Å². The minimum absolute atomic E-state index is 0.0323. The Hall–Kier alpha value is -2.44. The molecule has 0 saturated carbocycles. The van der Waals surface area contributed by atoms with Crippen LogP contribution < -0.4 is 5.43 Å². The van der Waals surface area contributed by atoms with Gasteiger partial charge >= 0.3 is 6.09 Å². The van der Waals surface area contributed by atoms with Crippen molar-refractivity contribution in [2.45, 2.75) is 6.92 Å². The normalized spacial score (nSPS) is 10.8. The fourth-order valence-electron chi connectivity index (χ4n) is 1.08. The maximum absolute atomic E-state index is 10.8. The number of benzene rings is 1. The first-order valence-electron chi connectivity index (χ1n) is 4.67. The molecule has 0 radical (unpaired) electrons. The Morgan fingerprint density at radius 3 is 2.82 bits per heavy atom. The number of hydrogen-bond donors (Lipinski definition) is 1. The van der Waals surface area contributed by atoms with Crippen LogP contribution in [0.4, 0.5) is 10.5 Å². The Balaban J connectivity index is 2.88. The van der Waals surface area contributed by atoms with Gasteiger partial charge < -0.3 is 4.74 Å². The number of rotatable bonds is 3. The lowest BCUT2D eigenvalue weighted by Gasteiger charge is -2.01. The Labute approximate surface area is 97.2 Å². The van der Waals surface area contributed by atoms with Crippen LogP contribution in [0, 0.1) is 10.1 Å². The number of ether oxygens (including phenoxy) is 1. The van der Waals surface area contributed by atoms with E-state index in [9.17, 15) is 14.9 Å². The fourth-order valence-corrected chi connectivity index (χ4v) is 1.08. The average Bonchev–Trinajstić information content (AvgIpc) is 2.35. The van der Waals surface area contributed by atoms with Crippen molar-refractivity contribution >= 4 is 17.5 Å². The molecule has 0 aliphatic heterocycles. The summed E-state index contributed by atoms with van der Waals surface area (Å²) in [5.41, 5.74) is 3.10. The van der Waals surface area contributed by atoms with Crippen molar-refractivity contribution in [3.05, 3.63) is 39.9 Å². The third-order valence-electron chi connectivity index (χ3n) is 1.98. The Kier molecular flexibility index (Phi) is 4.15. The number of nitro benzene ring substituents is 1. The van der Waals surface area contributed by atoms with Gasteiger partial charge in [0.1, 0.15) is 0 Å². The van der Waals surface area contributed by atoms with Crippen molar-refractivity contribution in [1.82, 2.24) is 5.43 Å². The molecule has 0 atom stereocenters. The van der Waals surface area contributed by atoms with Crippen LogP contribution in [0.3, 0.4) is 0 Å². The van der Waals surface area contributed by atoms with E-state index in [1.165, 1.54) is 19.2 Å². The molecule has 0 spiro atoms. The number of amides is 1. The minimum Gasteiger partial charge on any atom is -0.452 e. The third kappa shape index (κ3) is 3.56. The van der Waals surface area contributed by atoms with Gasteiger partial charge in [-0.1, -0.05) is 12.1 Å². The summed E-state index contributed by atoms with van der Waals surface area (Å²) in [4.78, 5) is 20.8. The Bertz CT molecular complexity index is 470. The second kappa shape index (κ2) is 5.59. The zero-order valence-corrected chi connectivity index (χ0v) is 9.34. The van der Waals surface area contributed by atoms with Gasteiger partial charge in [0.2, 0.25) is 0 Å². The summed E-state index contributed by atoms with van der Waals surface area (Å²) in [6.07, 6.45) is -0.699. The van der Waals surface area contributed by atoms with E-state index in [2.05, 4.69) is 15.3 Å². The largest absolute Gasteiger partial charge is 0.452 e. The number of non-ortho nitro benzene ring substituents is 1. The van der Waals surface area contributed by atoms with Crippen molar-refractivity contribution in [1.29, 1.82) is 0 Å². The molecule has 1 aromatic rings. The van der Waals surface area contributed by atoms with E-state index in [4.69, 9.17) is 0 Å². The second-order valence-electron chi connectivity index (χ2n) is 3.11. The minimum atomic E-state index is -0.699. The van der Waals surface area contributed by atoms with Gasteiger partial charge in [0, 0.05) is 17.7 Å². The lowest BCUT2D eigenvalue weighted by Crippen LogP contribution is -2.18. The molecule has 17 heavy (non-hydrogen) atoms. The average molecular weight is 237 g/mol. The highest BCUT2D eigenvalue weighted by molar-refractivity contribution is 5.99. The highest BCUT2D eigenvalue weighted by atomic mass is 16.6. The van der Waals surface area contributed by atoms with Gasteiger partial charge in [0.05, 0.1) is 17.7 Å². The molecule has 0 fully saturated rings. The number of nitro groups is 1. The zero-order chi connectivity index (χ0) is 12.8. The highest BCUT2D eigenvalue weighted by Crippen LogP contribution is 2.13. The molecular weight excluding hydrogens is 226 g/mol. The molecule has 90 valence electrons. The number of nitrogens with one attached hydrogen (secondary N) is 1. The standard InChI is InChI=1S/C10H11N3O4/c1-7(11-12-10(14)17-2)8-4-3-5-9(6-8)13(15)16/h3-6H,1-2H3,(H,12,14)/b11-7+. The molecule has 0 aromatic heterocycles. The predicted molar refractivity (Wildman–Crippen MR) is 60.8 cm³/mol. The van der Waals surface area contributed by atoms with Crippen molar-refractivity contribution in [3.63, 3.8) is 0 Å². The van der Waals surface area contributed by atoms with Crippen LogP contribution in [0.25, 0.3) is 0 Å². The van der Waals surface area contributed by atoms with E-state index in [0.717, 1.165) is 0 Å². The van der Waals surface area contributed by atoms with Crippen LogP contribution in [0.5, 0.6) is 0 Å². The van der Waals surface area contributed by atoms with Crippen molar-refractivity contribution < 1.29 is 14.5 Å². The summed E-state index contributed by atoms with van der Waals surface area (Å²) in [5, 5.41) is 14.3. The van der Waals surface area contributed by atoms with Gasteiger partial charge in [-0.15, -0.1) is 0 Å². The molecule has 0 aliphatic rings. The van der Waals surface area contributed by atoms with Crippen molar-refractivity contribution in [3.8, 4) is 0 Å². The summed E-state index contributed by atoms with van der Waals surface area (Å²) in [7, 11) is 1.22. The molecular formula is C10H11N3O4. The molecule has 1 aromatic carbocycles. The van der Waals surface area contributed by atoms with E-state index in [1.807, 2.05) is 0 Å². The second-order valence-corrected chi connectivity index (χ2v) is 3.11. The van der Waals surface area contributed by atoms with Gasteiger partial charge in [-0.05, 0) is 6.92 Å². The SMILES string of the molecule is COC(=O)N/N=C(\C)c1cccc([N+](=O)[O-])c1. The first kappa shape index (κ1) is 12.6. The molecule has 1 N–H and O–H groups in total. The molecule has 1 amide bonds. The van der Waals surface area contributed by atoms with Crippen LogP contribution in [-0.4, -0.2) is 23.8 Å². The topological polar surface area (TPSA) is 93.8 Å². The van der Waals surface area contributed by atoms with E-state index in [-0.39, 0.29) is 5.69 Å². The third-order valence-corrected chi connectivity index (χ3v) is 1.98. The number of methoxy groups -OCH3 is 1. The number of carbonyl (C=O) groups is 1. The van der Waals surface area contributed by atoms with E-state index in [0.29, 0.717) is 11.3 Å². The summed E-state index contributed by atoms with van der Waals surface area (Å²) >= 11 is 0. The van der Waals surface area contributed by atoms with Gasteiger partial charge in [0.15, 0.2) is 0 Å². The molecule has 0 bridgehead atoms. The van der Waals surface area contributed by atoms with E-state index >= 15 is 0 Å². The first-order chi connectivity index (χ1) is 8.04. The monoisotopic (exact) mass is 237 g/mol. The maximum Gasteiger partial charge on any atom is 0.427 e. The van der Waals surface area contributed by atoms with Gasteiger partial charge in [0.25, 0.3) is 5.69 Å². The molecule has 1 rings (SSSR count). The number of nitrogens with zero attached hydrogens (tertiary/aromatic N) is 2. The highest BCUT2D eigenvalue weighted by Gasteiger charge is 2.07. The van der Waals surface area contributed by atoms with Gasteiger partial charge in [-0.2, -0.15) is 5.10 Å². The molecule has 0 saturated heterocycles. The molecule has 0 unspecified atom stereocenters. The van der Waals surface area contributed by atoms with Gasteiger partial charge in [-0.25, -0.2) is 10.2 Å². The summed E-state index contributed by atoms with van der Waals surface area (Å²) in [5.74, 6) is 0. The maximum atomic E-state index is 10.8. The quantitative estimate of drug-likeness (QED) is 0.491. The lowest BCUT2D eigenvalue weighted by molar-refractivity contribution is -0.384. The Morgan fingerprint density at radius 2 is 2.24 bits per heavy atom. The number of hydrazone groups is 1. The fraction of sp³-hybridized carbons (Fsp3) is 0.200. The smallest absolute Gasteiger partial charge is 0.427 e. The molecule has 7 nitrogen and oxygen atoms in total. The zero-order valence-electron chi connectivity index (χ0n) is 9.34. The Morgan fingerprint density at radius 1 is 1.53 bits per heavy atom. The number of hydrogen-bond acceptors (Lipinski definition) is 5.